The zero-order valence-corrected chi connectivity index (χ0v) is 17.3. The third kappa shape index (κ3) is 2.47. The van der Waals surface area contributed by atoms with E-state index >= 15 is 0 Å². The van der Waals surface area contributed by atoms with Gasteiger partial charge in [-0.3, -0.25) is 9.97 Å². The predicted octanol–water partition coefficient (Wildman–Crippen LogP) is 6.68. The molecule has 0 spiro atoms. The summed E-state index contributed by atoms with van der Waals surface area (Å²) in [6, 6.07) is 13.4. The van der Waals surface area contributed by atoms with E-state index in [2.05, 4.69) is 76.0 Å². The molecule has 0 fully saturated rings. The van der Waals surface area contributed by atoms with Crippen molar-refractivity contribution < 1.29 is 0 Å². The van der Waals surface area contributed by atoms with Gasteiger partial charge in [-0.1, -0.05) is 71.0 Å². The van der Waals surface area contributed by atoms with E-state index in [1.54, 1.807) is 0 Å². The van der Waals surface area contributed by atoms with Gasteiger partial charge in [0.15, 0.2) is 0 Å². The zero-order chi connectivity index (χ0) is 19.7. The van der Waals surface area contributed by atoms with Gasteiger partial charge in [0.05, 0.1) is 5.69 Å². The first-order valence-corrected chi connectivity index (χ1v) is 10.1. The highest BCUT2D eigenvalue weighted by Gasteiger charge is 2.36. The Morgan fingerprint density at radius 3 is 2.54 bits per heavy atom. The molecule has 0 bridgehead atoms. The highest BCUT2D eigenvalue weighted by atomic mass is 14.7. The summed E-state index contributed by atoms with van der Waals surface area (Å²) in [6.45, 7) is 11.5. The monoisotopic (exact) mass is 366 g/mol. The molecule has 0 radical (unpaired) electrons. The van der Waals surface area contributed by atoms with E-state index in [9.17, 15) is 0 Å². The maximum Gasteiger partial charge on any atom is 0.0755 e. The number of hydrogen-bond acceptors (Lipinski definition) is 2. The number of nitrogens with zero attached hydrogens (tertiary/aromatic N) is 2. The highest BCUT2D eigenvalue weighted by Crippen LogP contribution is 2.49. The summed E-state index contributed by atoms with van der Waals surface area (Å²) in [5, 5.41) is 5.03. The average molecular weight is 367 g/mol. The lowest BCUT2D eigenvalue weighted by Gasteiger charge is -2.35. The third-order valence-electron chi connectivity index (χ3n) is 6.03. The Kier molecular flexibility index (Phi) is 3.49. The van der Waals surface area contributed by atoms with Crippen LogP contribution in [0.5, 0.6) is 0 Å². The van der Waals surface area contributed by atoms with Crippen molar-refractivity contribution in [2.24, 2.45) is 5.41 Å². The summed E-state index contributed by atoms with van der Waals surface area (Å²) in [5.41, 5.74) is 6.47. The van der Waals surface area contributed by atoms with Crippen molar-refractivity contribution in [1.82, 2.24) is 9.97 Å². The summed E-state index contributed by atoms with van der Waals surface area (Å²) >= 11 is 0. The minimum Gasteiger partial charge on any atom is -0.264 e. The van der Waals surface area contributed by atoms with Crippen molar-refractivity contribution in [1.29, 1.82) is 0 Å². The molecule has 1 aliphatic carbocycles. The van der Waals surface area contributed by atoms with Crippen LogP contribution in [0.25, 0.3) is 32.8 Å². The molecule has 140 valence electrons. The topological polar surface area (TPSA) is 25.8 Å². The summed E-state index contributed by atoms with van der Waals surface area (Å²) in [6.07, 6.45) is 7.11. The number of benzene rings is 2. The molecule has 2 heteroatoms. The van der Waals surface area contributed by atoms with E-state index in [1.807, 2.05) is 18.6 Å². The van der Waals surface area contributed by atoms with E-state index in [4.69, 9.17) is 4.98 Å². The van der Waals surface area contributed by atoms with Crippen molar-refractivity contribution in [3.63, 3.8) is 0 Å². The largest absolute Gasteiger partial charge is 0.264 e. The Morgan fingerprint density at radius 1 is 0.929 bits per heavy atom. The van der Waals surface area contributed by atoms with Gasteiger partial charge in [0.2, 0.25) is 0 Å². The van der Waals surface area contributed by atoms with Gasteiger partial charge in [-0.25, -0.2) is 0 Å². The third-order valence-corrected chi connectivity index (χ3v) is 6.03. The average Bonchev–Trinajstić information content (AvgIpc) is 2.64. The SMILES string of the molecule is CC(C)(C)Cc1ccc2cnc3c(c2c1)C(C)(C)c1cncc2cccc-3c12. The molecular weight excluding hydrogens is 340 g/mol. The summed E-state index contributed by atoms with van der Waals surface area (Å²) < 4.78 is 0. The normalized spacial score (nSPS) is 15.0. The van der Waals surface area contributed by atoms with Crippen LogP contribution < -0.4 is 0 Å². The maximum atomic E-state index is 4.95. The molecule has 5 rings (SSSR count). The van der Waals surface area contributed by atoms with E-state index in [-0.39, 0.29) is 10.8 Å². The lowest BCUT2D eigenvalue weighted by atomic mass is 9.69. The van der Waals surface area contributed by atoms with Gasteiger partial charge in [0, 0.05) is 40.3 Å². The number of fused-ring (bicyclic) bond motifs is 4. The fraction of sp³-hybridized carbons (Fsp3) is 0.308. The van der Waals surface area contributed by atoms with Crippen LogP contribution in [0.3, 0.4) is 0 Å². The van der Waals surface area contributed by atoms with Crippen LogP contribution in [-0.4, -0.2) is 9.97 Å². The fourth-order valence-corrected chi connectivity index (χ4v) is 4.86. The number of rotatable bonds is 1. The van der Waals surface area contributed by atoms with E-state index in [0.717, 1.165) is 12.1 Å². The van der Waals surface area contributed by atoms with Crippen molar-refractivity contribution in [3.05, 3.63) is 71.7 Å². The number of hydrogen-bond donors (Lipinski definition) is 0. The van der Waals surface area contributed by atoms with Gasteiger partial charge in [-0.2, -0.15) is 0 Å². The first-order valence-electron chi connectivity index (χ1n) is 10.1. The first kappa shape index (κ1) is 17.4. The van der Waals surface area contributed by atoms with E-state index in [1.165, 1.54) is 43.8 Å². The predicted molar refractivity (Wildman–Crippen MR) is 118 cm³/mol. The molecule has 4 aromatic rings. The van der Waals surface area contributed by atoms with Crippen LogP contribution in [0.4, 0.5) is 0 Å². The standard InChI is InChI=1S/C26H26N2/c1-25(2,3)12-16-9-10-17-14-28-24-19-8-6-7-18-13-27-15-21(22(18)19)26(4,5)23(24)20(17)11-16/h6-11,13-15H,12H2,1-5H3. The molecule has 2 aromatic carbocycles. The lowest BCUT2D eigenvalue weighted by Crippen LogP contribution is -2.25. The van der Waals surface area contributed by atoms with Gasteiger partial charge in [-0.15, -0.1) is 0 Å². The molecule has 0 saturated carbocycles. The highest BCUT2D eigenvalue weighted by molar-refractivity contribution is 6.05. The molecular formula is C26H26N2. The van der Waals surface area contributed by atoms with Gasteiger partial charge in [-0.05, 0) is 39.3 Å². The van der Waals surface area contributed by atoms with Crippen molar-refractivity contribution in [3.8, 4) is 11.3 Å². The Bertz CT molecular complexity index is 1240. The fourth-order valence-electron chi connectivity index (χ4n) is 4.86. The molecule has 0 unspecified atom stereocenters. The lowest BCUT2D eigenvalue weighted by molar-refractivity contribution is 0.411. The molecule has 0 saturated heterocycles. The van der Waals surface area contributed by atoms with Gasteiger partial charge < -0.3 is 0 Å². The molecule has 0 atom stereocenters. The van der Waals surface area contributed by atoms with Crippen LogP contribution in [0, 0.1) is 5.41 Å². The van der Waals surface area contributed by atoms with Crippen LogP contribution in [-0.2, 0) is 11.8 Å². The molecule has 0 N–H and O–H groups in total. The molecule has 2 heterocycles. The Morgan fingerprint density at radius 2 is 1.75 bits per heavy atom. The van der Waals surface area contributed by atoms with Gasteiger partial charge in [0.25, 0.3) is 0 Å². The zero-order valence-electron chi connectivity index (χ0n) is 17.3. The molecule has 2 aromatic heterocycles. The minimum atomic E-state index is -0.150. The number of pyridine rings is 2. The Hall–Kier alpha value is -2.74. The molecule has 28 heavy (non-hydrogen) atoms. The summed E-state index contributed by atoms with van der Waals surface area (Å²) in [7, 11) is 0. The van der Waals surface area contributed by atoms with E-state index in [0.29, 0.717) is 0 Å². The second kappa shape index (κ2) is 5.64. The van der Waals surface area contributed by atoms with Gasteiger partial charge in [0.1, 0.15) is 0 Å². The molecule has 1 aliphatic rings. The van der Waals surface area contributed by atoms with Crippen LogP contribution in [0.1, 0.15) is 51.3 Å². The second-order valence-corrected chi connectivity index (χ2v) is 9.86. The molecule has 2 nitrogen and oxygen atoms in total. The summed E-state index contributed by atoms with van der Waals surface area (Å²) in [5.74, 6) is 0. The second-order valence-electron chi connectivity index (χ2n) is 9.86. The van der Waals surface area contributed by atoms with Crippen LogP contribution >= 0.6 is 0 Å². The van der Waals surface area contributed by atoms with Crippen LogP contribution in [0.15, 0.2) is 55.0 Å². The summed E-state index contributed by atoms with van der Waals surface area (Å²) in [4.78, 5) is 9.50. The smallest absolute Gasteiger partial charge is 0.0755 e. The van der Waals surface area contributed by atoms with Crippen molar-refractivity contribution in [2.45, 2.75) is 46.5 Å². The van der Waals surface area contributed by atoms with Crippen molar-refractivity contribution >= 4 is 21.5 Å². The van der Waals surface area contributed by atoms with Crippen LogP contribution in [0.2, 0.25) is 0 Å². The Labute approximate surface area is 166 Å². The quantitative estimate of drug-likeness (QED) is 0.375. The number of aromatic nitrogens is 2. The first-order chi connectivity index (χ1) is 13.3. The van der Waals surface area contributed by atoms with E-state index < -0.39 is 0 Å². The molecule has 0 amide bonds. The Balaban J connectivity index is 1.88. The maximum absolute atomic E-state index is 4.95. The molecule has 0 aliphatic heterocycles. The minimum absolute atomic E-state index is 0.150. The van der Waals surface area contributed by atoms with Crippen molar-refractivity contribution in [2.75, 3.05) is 0 Å². The van der Waals surface area contributed by atoms with Gasteiger partial charge >= 0.3 is 0 Å².